The molecule has 4 aliphatic rings. The van der Waals surface area contributed by atoms with Gasteiger partial charge in [-0.05, 0) is 50.0 Å². The van der Waals surface area contributed by atoms with Crippen LogP contribution in [-0.4, -0.2) is 48.3 Å². The van der Waals surface area contributed by atoms with Gasteiger partial charge in [0.05, 0.1) is 0 Å². The van der Waals surface area contributed by atoms with E-state index < -0.39 is 42.2 Å². The molecule has 0 aromatic carbocycles. The molecular weight excluding hydrogens is 416 g/mol. The van der Waals surface area contributed by atoms with Gasteiger partial charge in [-0.3, -0.25) is 14.3 Å². The molecule has 0 aromatic heterocycles. The molecule has 0 bridgehead atoms. The van der Waals surface area contributed by atoms with Crippen LogP contribution in [0.2, 0.25) is 0 Å². The third kappa shape index (κ3) is 4.35. The van der Waals surface area contributed by atoms with Crippen LogP contribution in [0.1, 0.15) is 66.7 Å². The van der Waals surface area contributed by atoms with Crippen LogP contribution in [0.25, 0.3) is 0 Å². The van der Waals surface area contributed by atoms with Crippen molar-refractivity contribution >= 4 is 17.9 Å². The van der Waals surface area contributed by atoms with Crippen LogP contribution in [0.3, 0.4) is 0 Å². The lowest BCUT2D eigenvalue weighted by Crippen LogP contribution is -2.42. The van der Waals surface area contributed by atoms with Gasteiger partial charge in [-0.15, -0.1) is 0 Å². The highest BCUT2D eigenvalue weighted by Gasteiger charge is 2.67. The summed E-state index contributed by atoms with van der Waals surface area (Å²) in [5.74, 6) is -1.08. The Morgan fingerprint density at radius 2 is 1.91 bits per heavy atom. The zero-order chi connectivity index (χ0) is 23.3. The van der Waals surface area contributed by atoms with Gasteiger partial charge in [-0.25, -0.2) is 4.79 Å². The highest BCUT2D eigenvalue weighted by molar-refractivity contribution is 5.85. The van der Waals surface area contributed by atoms with Crippen LogP contribution < -0.4 is 0 Å². The minimum atomic E-state index is -1.07. The molecule has 2 saturated heterocycles. The molecule has 0 spiro atoms. The second-order valence-electron chi connectivity index (χ2n) is 9.91. The molecule has 32 heavy (non-hydrogen) atoms. The van der Waals surface area contributed by atoms with Gasteiger partial charge >= 0.3 is 17.9 Å². The maximum Gasteiger partial charge on any atom is 0.341 e. The van der Waals surface area contributed by atoms with E-state index in [9.17, 15) is 14.4 Å². The Balaban J connectivity index is 1.43. The van der Waals surface area contributed by atoms with Gasteiger partial charge < -0.3 is 18.9 Å². The predicted molar refractivity (Wildman–Crippen MR) is 112 cm³/mol. The number of esters is 3. The molecule has 4 rings (SSSR count). The largest absolute Gasteiger partial charge is 0.455 e. The summed E-state index contributed by atoms with van der Waals surface area (Å²) in [4.78, 5) is 35.8. The first-order valence-corrected chi connectivity index (χ1v) is 11.3. The molecule has 1 aliphatic carbocycles. The van der Waals surface area contributed by atoms with E-state index >= 15 is 0 Å². The first-order valence-electron chi connectivity index (χ1n) is 11.3. The molecule has 0 N–H and O–H groups in total. The Kier molecular flexibility index (Phi) is 5.96. The van der Waals surface area contributed by atoms with E-state index in [1.54, 1.807) is 0 Å². The van der Waals surface area contributed by atoms with Crippen LogP contribution >= 0.6 is 0 Å². The number of epoxide rings is 1. The van der Waals surface area contributed by atoms with E-state index in [0.717, 1.165) is 19.3 Å². The molecule has 3 aliphatic heterocycles. The van der Waals surface area contributed by atoms with Gasteiger partial charge in [0.1, 0.15) is 12.2 Å². The van der Waals surface area contributed by atoms with E-state index in [0.29, 0.717) is 24.3 Å². The summed E-state index contributed by atoms with van der Waals surface area (Å²) in [5.41, 5.74) is 1.13. The third-order valence-electron chi connectivity index (χ3n) is 7.18. The second kappa shape index (κ2) is 8.30. The average molecular weight is 449 g/mol. The van der Waals surface area contributed by atoms with E-state index in [1.807, 2.05) is 0 Å². The van der Waals surface area contributed by atoms with Crippen molar-refractivity contribution in [1.29, 1.82) is 0 Å². The van der Waals surface area contributed by atoms with Crippen molar-refractivity contribution in [3.05, 3.63) is 23.3 Å². The van der Waals surface area contributed by atoms with Crippen molar-refractivity contribution < 1.29 is 38.1 Å². The summed E-state index contributed by atoms with van der Waals surface area (Å²) >= 11 is 0. The highest BCUT2D eigenvalue weighted by atomic mass is 16.8. The molecule has 176 valence electrons. The van der Waals surface area contributed by atoms with Crippen LogP contribution in [0.15, 0.2) is 23.3 Å². The lowest BCUT2D eigenvalue weighted by molar-refractivity contribution is -0.204. The summed E-state index contributed by atoms with van der Waals surface area (Å²) < 4.78 is 27.4. The van der Waals surface area contributed by atoms with E-state index in [1.165, 1.54) is 25.5 Å². The summed E-state index contributed by atoms with van der Waals surface area (Å²) in [6.07, 6.45) is 4.98. The predicted octanol–water partition coefficient (Wildman–Crippen LogP) is 3.34. The van der Waals surface area contributed by atoms with Crippen LogP contribution in [0.4, 0.5) is 0 Å². The number of cyclic esters (lactones) is 1. The molecule has 0 saturated carbocycles. The monoisotopic (exact) mass is 448 g/mol. The van der Waals surface area contributed by atoms with E-state index in [2.05, 4.69) is 26.8 Å². The van der Waals surface area contributed by atoms with E-state index in [4.69, 9.17) is 23.7 Å². The molecule has 0 radical (unpaired) electrons. The number of allylic oxidation sites excluding steroid dienone is 2. The van der Waals surface area contributed by atoms with Gasteiger partial charge in [0.25, 0.3) is 0 Å². The molecule has 3 heterocycles. The first-order chi connectivity index (χ1) is 15.0. The maximum absolute atomic E-state index is 13.0. The van der Waals surface area contributed by atoms with Crippen LogP contribution in [0.5, 0.6) is 0 Å². The number of rotatable bonds is 6. The highest BCUT2D eigenvalue weighted by Crippen LogP contribution is 2.52. The molecule has 0 aromatic rings. The summed E-state index contributed by atoms with van der Waals surface area (Å²) in [6.45, 7) is 9.25. The Hall–Kier alpha value is -2.19. The van der Waals surface area contributed by atoms with Crippen LogP contribution in [0, 0.1) is 11.3 Å². The number of carbonyl (C=O) groups is 3. The molecule has 8 nitrogen and oxygen atoms in total. The summed E-state index contributed by atoms with van der Waals surface area (Å²) in [7, 11) is 0. The topological polar surface area (TPSA) is 101 Å². The number of carbonyl (C=O) groups excluding carboxylic acids is 3. The average Bonchev–Trinajstić information content (AvgIpc) is 3.26. The lowest BCUT2D eigenvalue weighted by Gasteiger charge is -2.39. The number of ether oxygens (including phenoxy) is 5. The molecular formula is C24H32O8. The van der Waals surface area contributed by atoms with Crippen molar-refractivity contribution in [2.75, 3.05) is 0 Å². The molecule has 6 atom stereocenters. The standard InChI is InChI=1S/C24H32O8/c1-13-7-6-9-23(4,5)17(13)8-10-24-19(32-24)12-18(30-22(24)27)16-11-20(28-14(2)25)31-21(16)29-15(3)26/h7,11,17-21H,6,8-10,12H2,1-5H3. The molecule has 6 unspecified atom stereocenters. The molecule has 8 heteroatoms. The Morgan fingerprint density at radius 1 is 1.19 bits per heavy atom. The van der Waals surface area contributed by atoms with Crippen molar-refractivity contribution in [1.82, 2.24) is 0 Å². The van der Waals surface area contributed by atoms with Crippen molar-refractivity contribution in [2.45, 2.75) is 97.1 Å². The number of hydrogen-bond acceptors (Lipinski definition) is 8. The van der Waals surface area contributed by atoms with Gasteiger partial charge in [0, 0.05) is 25.8 Å². The van der Waals surface area contributed by atoms with Crippen LogP contribution in [-0.2, 0) is 38.1 Å². The normalized spacial score (nSPS) is 37.5. The fraction of sp³-hybridized carbons (Fsp3) is 0.708. The SMILES string of the molecule is CC(=O)OC1C=C(C2CC3OC3(CCC3C(C)=CCCC3(C)C)C(=O)O2)C(OC(C)=O)O1. The van der Waals surface area contributed by atoms with Crippen molar-refractivity contribution in [2.24, 2.45) is 11.3 Å². The minimum absolute atomic E-state index is 0.190. The smallest absolute Gasteiger partial charge is 0.341 e. The molecule has 0 amide bonds. The Morgan fingerprint density at radius 3 is 2.53 bits per heavy atom. The van der Waals surface area contributed by atoms with Crippen molar-refractivity contribution in [3.8, 4) is 0 Å². The summed E-state index contributed by atoms with van der Waals surface area (Å²) in [6, 6.07) is 0. The summed E-state index contributed by atoms with van der Waals surface area (Å²) in [5, 5.41) is 0. The van der Waals surface area contributed by atoms with Gasteiger partial charge in [0.15, 0.2) is 5.60 Å². The second-order valence-corrected chi connectivity index (χ2v) is 9.91. The van der Waals surface area contributed by atoms with Crippen molar-refractivity contribution in [3.63, 3.8) is 0 Å². The van der Waals surface area contributed by atoms with Gasteiger partial charge in [-0.1, -0.05) is 25.5 Å². The first kappa shape index (κ1) is 23.0. The Labute approximate surface area is 188 Å². The van der Waals surface area contributed by atoms with E-state index in [-0.39, 0.29) is 11.5 Å². The quantitative estimate of drug-likeness (QED) is 0.264. The number of fused-ring (bicyclic) bond motifs is 1. The minimum Gasteiger partial charge on any atom is -0.455 e. The third-order valence-corrected chi connectivity index (χ3v) is 7.18. The molecule has 2 fully saturated rings. The zero-order valence-electron chi connectivity index (χ0n) is 19.3. The zero-order valence-corrected chi connectivity index (χ0v) is 19.3. The fourth-order valence-electron chi connectivity index (χ4n) is 5.42. The van der Waals surface area contributed by atoms with Gasteiger partial charge in [-0.2, -0.15) is 0 Å². The maximum atomic E-state index is 13.0. The van der Waals surface area contributed by atoms with Gasteiger partial charge in [0.2, 0.25) is 12.6 Å². The Bertz CT molecular complexity index is 871. The fourth-order valence-corrected chi connectivity index (χ4v) is 5.42. The lowest BCUT2D eigenvalue weighted by atomic mass is 9.66. The number of hydrogen-bond donors (Lipinski definition) is 0.